The fraction of sp³-hybridized carbons (Fsp3) is 0.364. The lowest BCUT2D eigenvalue weighted by Crippen LogP contribution is -1.98. The van der Waals surface area contributed by atoms with E-state index in [1.54, 1.807) is 19.2 Å². The Morgan fingerprint density at radius 1 is 1.40 bits per heavy atom. The van der Waals surface area contributed by atoms with Crippen LogP contribution in [0.15, 0.2) is 23.1 Å². The molecule has 0 amide bonds. The van der Waals surface area contributed by atoms with Crippen LogP contribution >= 0.6 is 11.8 Å². The van der Waals surface area contributed by atoms with Crippen LogP contribution in [0.5, 0.6) is 0 Å². The van der Waals surface area contributed by atoms with Crippen LogP contribution < -0.4 is 0 Å². The molecule has 0 saturated heterocycles. The highest BCUT2D eigenvalue weighted by Crippen LogP contribution is 2.26. The molecule has 0 atom stereocenters. The highest BCUT2D eigenvalue weighted by atomic mass is 32.2. The van der Waals surface area contributed by atoms with E-state index in [1.165, 1.54) is 23.9 Å². The Hall–Kier alpha value is -0.900. The minimum atomic E-state index is -2.53. The van der Waals surface area contributed by atoms with E-state index in [4.69, 9.17) is 0 Å². The summed E-state index contributed by atoms with van der Waals surface area (Å²) in [7, 11) is 0. The zero-order valence-electron chi connectivity index (χ0n) is 8.59. The van der Waals surface area contributed by atoms with Gasteiger partial charge in [-0.05, 0) is 24.5 Å². The number of Topliss-reactive ketones (excluding diaryl/α,β-unsaturated/α-hetero) is 1. The molecule has 1 rings (SSSR count). The number of benzene rings is 1. The van der Waals surface area contributed by atoms with Crippen LogP contribution in [0.3, 0.4) is 0 Å². The van der Waals surface area contributed by atoms with Gasteiger partial charge in [0.1, 0.15) is 0 Å². The molecule has 15 heavy (non-hydrogen) atoms. The van der Waals surface area contributed by atoms with Crippen molar-refractivity contribution in [1.29, 1.82) is 0 Å². The summed E-state index contributed by atoms with van der Waals surface area (Å²) in [4.78, 5) is 12.1. The van der Waals surface area contributed by atoms with E-state index in [0.717, 1.165) is 0 Å². The molecule has 0 aliphatic heterocycles. The molecule has 0 aliphatic rings. The van der Waals surface area contributed by atoms with Crippen LogP contribution in [0.1, 0.15) is 35.7 Å². The van der Waals surface area contributed by atoms with E-state index in [2.05, 4.69) is 0 Å². The zero-order valence-corrected chi connectivity index (χ0v) is 9.41. The lowest BCUT2D eigenvalue weighted by Gasteiger charge is -2.06. The smallest absolute Gasteiger partial charge is 0.263 e. The molecule has 0 bridgehead atoms. The molecular weight excluding hydrogens is 218 g/mol. The average molecular weight is 230 g/mol. The summed E-state index contributed by atoms with van der Waals surface area (Å²) in [5.74, 6) is -0.104. The molecule has 0 N–H and O–H groups in total. The topological polar surface area (TPSA) is 17.1 Å². The van der Waals surface area contributed by atoms with Gasteiger partial charge in [-0.1, -0.05) is 6.92 Å². The summed E-state index contributed by atoms with van der Waals surface area (Å²) < 4.78 is 25.0. The van der Waals surface area contributed by atoms with Crippen LogP contribution in [-0.2, 0) is 0 Å². The Labute approximate surface area is 91.9 Å². The molecule has 0 radical (unpaired) electrons. The normalized spacial score (nSPS) is 10.7. The second-order valence-electron chi connectivity index (χ2n) is 3.07. The molecule has 4 heteroatoms. The van der Waals surface area contributed by atoms with Crippen molar-refractivity contribution in [2.45, 2.75) is 24.7 Å². The van der Waals surface area contributed by atoms with Gasteiger partial charge < -0.3 is 0 Å². The van der Waals surface area contributed by atoms with E-state index >= 15 is 0 Å². The summed E-state index contributed by atoms with van der Waals surface area (Å²) in [6.45, 7) is 1.72. The quantitative estimate of drug-likeness (QED) is 0.575. The molecule has 0 spiro atoms. The van der Waals surface area contributed by atoms with Gasteiger partial charge in [0.25, 0.3) is 6.43 Å². The summed E-state index contributed by atoms with van der Waals surface area (Å²) in [6.07, 6.45) is -0.397. The number of thioether (sulfide) groups is 1. The van der Waals surface area contributed by atoms with Crippen LogP contribution in [-0.4, -0.2) is 12.0 Å². The fourth-order valence-corrected chi connectivity index (χ4v) is 1.73. The second kappa shape index (κ2) is 5.26. The summed E-state index contributed by atoms with van der Waals surface area (Å²) in [5.41, 5.74) is 0.290. The average Bonchev–Trinajstić information content (AvgIpc) is 2.27. The Morgan fingerprint density at radius 2 is 2.07 bits per heavy atom. The van der Waals surface area contributed by atoms with Gasteiger partial charge in [-0.2, -0.15) is 0 Å². The Morgan fingerprint density at radius 3 is 2.53 bits per heavy atom. The Bertz CT molecular complexity index is 364. The molecule has 0 heterocycles. The molecule has 0 saturated carbocycles. The Kier molecular flexibility index (Phi) is 4.27. The third-order valence-electron chi connectivity index (χ3n) is 2.06. The Balaban J connectivity index is 3.17. The molecule has 1 nitrogen and oxygen atoms in total. The number of hydrogen-bond acceptors (Lipinski definition) is 2. The van der Waals surface area contributed by atoms with Crippen molar-refractivity contribution >= 4 is 17.5 Å². The highest BCUT2D eigenvalue weighted by molar-refractivity contribution is 7.98. The standard InChI is InChI=1S/C11H12F2OS/c1-3-10(14)7-4-8(11(12)13)6-9(5-7)15-2/h4-6,11H,3H2,1-2H3. The second-order valence-corrected chi connectivity index (χ2v) is 3.95. The van der Waals surface area contributed by atoms with Crippen LogP contribution in [0.4, 0.5) is 8.78 Å². The molecule has 0 aromatic heterocycles. The van der Waals surface area contributed by atoms with Crippen LogP contribution in [0.25, 0.3) is 0 Å². The number of hydrogen-bond donors (Lipinski definition) is 0. The van der Waals surface area contributed by atoms with Crippen molar-refractivity contribution in [3.8, 4) is 0 Å². The summed E-state index contributed by atoms with van der Waals surface area (Å²) in [6, 6.07) is 4.35. The van der Waals surface area contributed by atoms with Gasteiger partial charge in [0.15, 0.2) is 5.78 Å². The lowest BCUT2D eigenvalue weighted by atomic mass is 10.1. The number of ketones is 1. The maximum absolute atomic E-state index is 12.5. The minimum Gasteiger partial charge on any atom is -0.294 e. The largest absolute Gasteiger partial charge is 0.294 e. The molecule has 0 aliphatic carbocycles. The molecule has 0 unspecified atom stereocenters. The molecular formula is C11H12F2OS. The minimum absolute atomic E-state index is 0.0846. The van der Waals surface area contributed by atoms with Crippen molar-refractivity contribution in [2.75, 3.05) is 6.26 Å². The first kappa shape index (κ1) is 12.2. The van der Waals surface area contributed by atoms with Crippen molar-refractivity contribution in [1.82, 2.24) is 0 Å². The lowest BCUT2D eigenvalue weighted by molar-refractivity contribution is 0.0987. The fourth-order valence-electron chi connectivity index (χ4n) is 1.23. The van der Waals surface area contributed by atoms with Crippen molar-refractivity contribution < 1.29 is 13.6 Å². The van der Waals surface area contributed by atoms with Gasteiger partial charge in [0.05, 0.1) is 0 Å². The first-order chi connectivity index (χ1) is 7.08. The van der Waals surface area contributed by atoms with Gasteiger partial charge in [-0.3, -0.25) is 4.79 Å². The van der Waals surface area contributed by atoms with E-state index in [1.807, 2.05) is 0 Å². The number of halogens is 2. The monoisotopic (exact) mass is 230 g/mol. The zero-order chi connectivity index (χ0) is 11.4. The molecule has 1 aromatic rings. The molecule has 0 fully saturated rings. The first-order valence-electron chi connectivity index (χ1n) is 4.58. The number of alkyl halides is 2. The predicted molar refractivity (Wildman–Crippen MR) is 57.8 cm³/mol. The number of rotatable bonds is 4. The maximum atomic E-state index is 12.5. The van der Waals surface area contributed by atoms with E-state index in [9.17, 15) is 13.6 Å². The van der Waals surface area contributed by atoms with E-state index in [-0.39, 0.29) is 11.3 Å². The van der Waals surface area contributed by atoms with Gasteiger partial charge in [-0.25, -0.2) is 8.78 Å². The third kappa shape index (κ3) is 3.02. The summed E-state index contributed by atoms with van der Waals surface area (Å²) in [5, 5.41) is 0. The van der Waals surface area contributed by atoms with Gasteiger partial charge in [0, 0.05) is 22.4 Å². The third-order valence-corrected chi connectivity index (χ3v) is 2.77. The SMILES string of the molecule is CCC(=O)c1cc(SC)cc(C(F)F)c1. The number of carbonyl (C=O) groups is 1. The molecule has 1 aromatic carbocycles. The van der Waals surface area contributed by atoms with Crippen molar-refractivity contribution in [2.24, 2.45) is 0 Å². The van der Waals surface area contributed by atoms with Crippen LogP contribution in [0, 0.1) is 0 Å². The highest BCUT2D eigenvalue weighted by Gasteiger charge is 2.12. The van der Waals surface area contributed by atoms with E-state index < -0.39 is 6.43 Å². The van der Waals surface area contributed by atoms with Crippen LogP contribution in [0.2, 0.25) is 0 Å². The first-order valence-corrected chi connectivity index (χ1v) is 5.81. The van der Waals surface area contributed by atoms with Gasteiger partial charge >= 0.3 is 0 Å². The van der Waals surface area contributed by atoms with Crippen molar-refractivity contribution in [3.05, 3.63) is 29.3 Å². The van der Waals surface area contributed by atoms with E-state index in [0.29, 0.717) is 16.9 Å². The van der Waals surface area contributed by atoms with Crippen molar-refractivity contribution in [3.63, 3.8) is 0 Å². The van der Waals surface area contributed by atoms with Gasteiger partial charge in [-0.15, -0.1) is 11.8 Å². The summed E-state index contributed by atoms with van der Waals surface area (Å²) >= 11 is 1.36. The van der Waals surface area contributed by atoms with Gasteiger partial charge in [0.2, 0.25) is 0 Å². The number of carbonyl (C=O) groups excluding carboxylic acids is 1. The predicted octanol–water partition coefficient (Wildman–Crippen LogP) is 3.94. The maximum Gasteiger partial charge on any atom is 0.263 e. The molecule has 82 valence electrons.